The third-order valence-corrected chi connectivity index (χ3v) is 11.6. The van der Waals surface area contributed by atoms with Gasteiger partial charge in [0.25, 0.3) is 0 Å². The highest BCUT2D eigenvalue weighted by Gasteiger charge is 2.47. The van der Waals surface area contributed by atoms with Crippen LogP contribution in [0.15, 0.2) is 24.3 Å². The quantitative estimate of drug-likeness (QED) is 0.0126. The highest BCUT2D eigenvalue weighted by molar-refractivity contribution is 7.80. The third-order valence-electron chi connectivity index (χ3n) is 11.1. The predicted octanol–water partition coefficient (Wildman–Crippen LogP) is 8.89. The first kappa shape index (κ1) is 60.4. The van der Waals surface area contributed by atoms with Crippen molar-refractivity contribution in [1.82, 2.24) is 5.32 Å². The van der Waals surface area contributed by atoms with E-state index in [0.29, 0.717) is 12.8 Å². The van der Waals surface area contributed by atoms with E-state index in [4.69, 9.17) is 28.2 Å². The van der Waals surface area contributed by atoms with Crippen LogP contribution in [0.4, 0.5) is 4.79 Å². The molecule has 0 aliphatic carbocycles. The molecule has 0 aromatic heterocycles. The molecule has 0 unspecified atom stereocenters. The summed E-state index contributed by atoms with van der Waals surface area (Å²) in [6.45, 7) is 2.44. The molecule has 5 atom stereocenters. The highest BCUT2D eigenvalue weighted by atomic mass is 32.3. The second kappa shape index (κ2) is 40.4. The molecule has 1 fully saturated rings. The zero-order valence-corrected chi connectivity index (χ0v) is 40.6. The fourth-order valence-corrected chi connectivity index (χ4v) is 7.79. The van der Waals surface area contributed by atoms with Crippen LogP contribution >= 0.6 is 0 Å². The summed E-state index contributed by atoms with van der Waals surface area (Å²) in [7, 11) is -5.10. The van der Waals surface area contributed by atoms with Gasteiger partial charge in [0.1, 0.15) is 37.6 Å². The van der Waals surface area contributed by atoms with Gasteiger partial charge in [-0.05, 0) is 64.2 Å². The standard InChI is InChI=1S/C48H87NO15S/c1-3-5-7-9-11-13-15-17-19-21-23-25-27-29-31-33-42(51)60-38-40(39-61-43(52)34-32-30-28-26-24-22-20-18-16-14-12-10-8-6-4-2)62-48(55)49-35-36-59-47-45(54)46(64-65(56,57)58)44(53)41(37-50)63-47/h17-20,40-41,44-47,50,53-54H,3-16,21-39H2,1-2H3,(H,49,55)(H,56,57,58)/b19-17-,20-18-/t41-,44+,45-,46+,47-/m1/s1. The van der Waals surface area contributed by atoms with E-state index >= 15 is 0 Å². The molecule has 0 aromatic carbocycles. The van der Waals surface area contributed by atoms with E-state index in [1.165, 1.54) is 77.0 Å². The van der Waals surface area contributed by atoms with Crippen molar-refractivity contribution in [1.29, 1.82) is 0 Å². The van der Waals surface area contributed by atoms with Crippen molar-refractivity contribution in [2.45, 2.75) is 230 Å². The minimum Gasteiger partial charge on any atom is -0.462 e. The van der Waals surface area contributed by atoms with Crippen molar-refractivity contribution in [3.8, 4) is 0 Å². The summed E-state index contributed by atoms with van der Waals surface area (Å²) in [6, 6.07) is 0. The lowest BCUT2D eigenvalue weighted by molar-refractivity contribution is -0.296. The lowest BCUT2D eigenvalue weighted by atomic mass is 9.99. The van der Waals surface area contributed by atoms with Crippen molar-refractivity contribution in [3.63, 3.8) is 0 Å². The Balaban J connectivity index is 2.48. The van der Waals surface area contributed by atoms with Crippen molar-refractivity contribution in [2.75, 3.05) is 33.0 Å². The SMILES string of the molecule is CCCCCCCC/C=C\CCCCCCCC(=O)OCC(COC(=O)CCCCCCC/C=C\CCCCCCCC)OC(=O)NCCO[C@@H]1O[C@H](CO)[C@H](O)[C@H](OS(=O)(=O)O)[C@H]1O. The predicted molar refractivity (Wildman–Crippen MR) is 249 cm³/mol. The van der Waals surface area contributed by atoms with E-state index in [1.807, 2.05) is 0 Å². The van der Waals surface area contributed by atoms with E-state index in [0.717, 1.165) is 77.0 Å². The molecule has 0 bridgehead atoms. The fraction of sp³-hybridized carbons (Fsp3) is 0.854. The van der Waals surface area contributed by atoms with Crippen LogP contribution in [0, 0.1) is 0 Å². The molecule has 0 radical (unpaired) electrons. The summed E-state index contributed by atoms with van der Waals surface area (Å²) in [6.07, 6.45) is 28.3. The lowest BCUT2D eigenvalue weighted by Crippen LogP contribution is -2.60. The number of esters is 2. The molecule has 0 saturated carbocycles. The Kier molecular flexibility index (Phi) is 37.6. The van der Waals surface area contributed by atoms with Gasteiger partial charge in [0.2, 0.25) is 0 Å². The fourth-order valence-electron chi connectivity index (χ4n) is 7.28. The number of alkyl carbamates (subject to hydrolysis) is 1. The summed E-state index contributed by atoms with van der Waals surface area (Å²) in [5, 5.41) is 32.6. The number of aliphatic hydroxyl groups is 3. The van der Waals surface area contributed by atoms with Gasteiger partial charge < -0.3 is 44.3 Å². The molecule has 16 nitrogen and oxygen atoms in total. The van der Waals surface area contributed by atoms with Crippen LogP contribution in [0.3, 0.4) is 0 Å². The zero-order valence-electron chi connectivity index (χ0n) is 39.8. The van der Waals surface area contributed by atoms with E-state index in [2.05, 4.69) is 47.7 Å². The average Bonchev–Trinajstić information content (AvgIpc) is 3.27. The molecule has 1 aliphatic rings. The normalized spacial score (nSPS) is 19.0. The molecule has 0 spiro atoms. The molecule has 17 heteroatoms. The number of carbonyl (C=O) groups excluding carboxylic acids is 3. The number of aliphatic hydroxyl groups excluding tert-OH is 3. The van der Waals surface area contributed by atoms with E-state index < -0.39 is 71.8 Å². The summed E-state index contributed by atoms with van der Waals surface area (Å²) < 4.78 is 62.8. The summed E-state index contributed by atoms with van der Waals surface area (Å²) in [5.41, 5.74) is 0. The lowest BCUT2D eigenvalue weighted by Gasteiger charge is -2.40. The van der Waals surface area contributed by atoms with Gasteiger partial charge in [0, 0.05) is 19.4 Å². The van der Waals surface area contributed by atoms with Crippen LogP contribution < -0.4 is 5.32 Å². The molecule has 1 saturated heterocycles. The summed E-state index contributed by atoms with van der Waals surface area (Å²) >= 11 is 0. The van der Waals surface area contributed by atoms with E-state index in [1.54, 1.807) is 0 Å². The first-order chi connectivity index (χ1) is 31.4. The Bertz CT molecular complexity index is 1310. The molecule has 1 amide bonds. The van der Waals surface area contributed by atoms with Gasteiger partial charge in [-0.25, -0.2) is 8.98 Å². The van der Waals surface area contributed by atoms with Crippen LogP contribution in [0.1, 0.15) is 194 Å². The molecule has 5 N–H and O–H groups in total. The number of rotatable bonds is 42. The number of amides is 1. The molecule has 65 heavy (non-hydrogen) atoms. The topological polar surface area (TPSA) is 234 Å². The number of allylic oxidation sites excluding steroid dienone is 4. The minimum atomic E-state index is -5.10. The number of carbonyl (C=O) groups is 3. The number of hydrogen-bond donors (Lipinski definition) is 5. The number of hydrogen-bond acceptors (Lipinski definition) is 14. The van der Waals surface area contributed by atoms with Gasteiger partial charge in [0.15, 0.2) is 12.4 Å². The smallest absolute Gasteiger partial charge is 0.407 e. The van der Waals surface area contributed by atoms with Crippen molar-refractivity contribution < 1.29 is 70.5 Å². The van der Waals surface area contributed by atoms with Gasteiger partial charge in [-0.1, -0.05) is 141 Å². The second-order valence-corrected chi connectivity index (χ2v) is 18.1. The Morgan fingerprint density at radius 1 is 0.631 bits per heavy atom. The molecule has 380 valence electrons. The molecular formula is C48H87NO15S. The van der Waals surface area contributed by atoms with Gasteiger partial charge in [0.05, 0.1) is 13.2 Å². The zero-order chi connectivity index (χ0) is 47.8. The second-order valence-electron chi connectivity index (χ2n) is 17.1. The summed E-state index contributed by atoms with van der Waals surface area (Å²) in [5.74, 6) is -0.920. The van der Waals surface area contributed by atoms with Gasteiger partial charge >= 0.3 is 28.4 Å². The number of nitrogens with one attached hydrogen (secondary N) is 1. The van der Waals surface area contributed by atoms with Crippen LogP contribution in [-0.4, -0.2) is 116 Å². The van der Waals surface area contributed by atoms with Crippen molar-refractivity contribution in [3.05, 3.63) is 24.3 Å². The van der Waals surface area contributed by atoms with Gasteiger partial charge in [-0.15, -0.1) is 0 Å². The third kappa shape index (κ3) is 34.3. The first-order valence-corrected chi connectivity index (χ1v) is 26.2. The van der Waals surface area contributed by atoms with Crippen LogP contribution in [0.25, 0.3) is 0 Å². The van der Waals surface area contributed by atoms with E-state index in [9.17, 15) is 38.1 Å². The Hall–Kier alpha value is -2.64. The molecule has 1 aliphatic heterocycles. The summed E-state index contributed by atoms with van der Waals surface area (Å²) in [4.78, 5) is 37.9. The van der Waals surface area contributed by atoms with E-state index in [-0.39, 0.29) is 39.2 Å². The largest absolute Gasteiger partial charge is 0.462 e. The molecular weight excluding hydrogens is 863 g/mol. The Labute approximate surface area is 390 Å². The number of unbranched alkanes of at least 4 members (excludes halogenated alkanes) is 22. The minimum absolute atomic E-state index is 0.197. The molecule has 1 rings (SSSR count). The van der Waals surface area contributed by atoms with Crippen LogP contribution in [0.5, 0.6) is 0 Å². The van der Waals surface area contributed by atoms with Crippen LogP contribution in [-0.2, 0) is 47.9 Å². The average molecular weight is 950 g/mol. The van der Waals surface area contributed by atoms with Gasteiger partial charge in [-0.3, -0.25) is 14.1 Å². The highest BCUT2D eigenvalue weighted by Crippen LogP contribution is 2.25. The molecule has 0 aromatic rings. The van der Waals surface area contributed by atoms with Crippen LogP contribution in [0.2, 0.25) is 0 Å². The first-order valence-electron chi connectivity index (χ1n) is 24.9. The maximum Gasteiger partial charge on any atom is 0.407 e. The monoisotopic (exact) mass is 950 g/mol. The number of ether oxygens (including phenoxy) is 5. The van der Waals surface area contributed by atoms with Crippen molar-refractivity contribution in [2.24, 2.45) is 0 Å². The van der Waals surface area contributed by atoms with Crippen molar-refractivity contribution >= 4 is 28.4 Å². The maximum atomic E-state index is 12.7. The molecule has 1 heterocycles. The van der Waals surface area contributed by atoms with Gasteiger partial charge in [-0.2, -0.15) is 8.42 Å². The Morgan fingerprint density at radius 2 is 1.05 bits per heavy atom. The maximum absolute atomic E-state index is 12.7. The Morgan fingerprint density at radius 3 is 1.46 bits per heavy atom.